The van der Waals surface area contributed by atoms with Crippen molar-refractivity contribution >= 4 is 17.8 Å². The lowest BCUT2D eigenvalue weighted by Crippen LogP contribution is -2.43. The first-order chi connectivity index (χ1) is 9.34. The van der Waals surface area contributed by atoms with Crippen LogP contribution in [0.3, 0.4) is 0 Å². The van der Waals surface area contributed by atoms with Crippen molar-refractivity contribution in [2.24, 2.45) is 0 Å². The van der Waals surface area contributed by atoms with E-state index in [1.165, 1.54) is 0 Å². The average molecular weight is 282 g/mol. The molecule has 0 unspecified atom stereocenters. The molecule has 1 amide bonds. The van der Waals surface area contributed by atoms with Crippen LogP contribution in [0.2, 0.25) is 0 Å². The van der Waals surface area contributed by atoms with Crippen molar-refractivity contribution in [3.63, 3.8) is 0 Å². The summed E-state index contributed by atoms with van der Waals surface area (Å²) in [7, 11) is 1.70. The number of aromatic nitrogens is 3. The zero-order chi connectivity index (χ0) is 15.2. The lowest BCUT2D eigenvalue weighted by molar-refractivity contribution is -0.120. The van der Waals surface area contributed by atoms with Gasteiger partial charge in [0.2, 0.25) is 17.8 Å². The number of nitrogens with zero attached hydrogens (tertiary/aromatic N) is 3. The minimum atomic E-state index is -0.273. The molecule has 0 atom stereocenters. The van der Waals surface area contributed by atoms with Crippen LogP contribution in [0.1, 0.15) is 27.7 Å². The monoisotopic (exact) mass is 282 g/mol. The van der Waals surface area contributed by atoms with Gasteiger partial charge in [0.15, 0.2) is 0 Å². The number of rotatable bonds is 6. The Labute approximate surface area is 118 Å². The molecule has 0 aliphatic rings. The van der Waals surface area contributed by atoms with Gasteiger partial charge in [0, 0.05) is 12.6 Å². The first-order valence-corrected chi connectivity index (χ1v) is 6.45. The Kier molecular flexibility index (Phi) is 5.48. The van der Waals surface area contributed by atoms with E-state index in [1.54, 1.807) is 7.05 Å². The number of ether oxygens (including phenoxy) is 1. The number of carbonyl (C=O) groups is 1. The summed E-state index contributed by atoms with van der Waals surface area (Å²) in [6.45, 7) is 8.13. The first-order valence-electron chi connectivity index (χ1n) is 6.45. The Hall–Kier alpha value is -2.12. The van der Waals surface area contributed by atoms with E-state index in [0.717, 1.165) is 0 Å². The molecule has 1 heterocycles. The molecule has 0 radical (unpaired) electrons. The highest BCUT2D eigenvalue weighted by Crippen LogP contribution is 2.10. The molecule has 1 rings (SSSR count). The Morgan fingerprint density at radius 3 is 2.40 bits per heavy atom. The lowest BCUT2D eigenvalue weighted by atomic mass is 10.1. The molecule has 8 heteroatoms. The third-order valence-electron chi connectivity index (χ3n) is 2.03. The van der Waals surface area contributed by atoms with Gasteiger partial charge in [-0.2, -0.15) is 15.0 Å². The summed E-state index contributed by atoms with van der Waals surface area (Å²) < 4.78 is 5.23. The van der Waals surface area contributed by atoms with Gasteiger partial charge in [-0.15, -0.1) is 0 Å². The minimum absolute atomic E-state index is 0.0794. The molecule has 0 aromatic carbocycles. The third-order valence-corrected chi connectivity index (χ3v) is 2.03. The van der Waals surface area contributed by atoms with Gasteiger partial charge >= 0.3 is 6.01 Å². The highest BCUT2D eigenvalue weighted by atomic mass is 16.5. The molecule has 0 aliphatic heterocycles. The van der Waals surface area contributed by atoms with E-state index in [4.69, 9.17) is 4.74 Å². The predicted molar refractivity (Wildman–Crippen MR) is 76.9 cm³/mol. The summed E-state index contributed by atoms with van der Waals surface area (Å²) >= 11 is 0. The van der Waals surface area contributed by atoms with Crippen LogP contribution in [0.15, 0.2) is 0 Å². The van der Waals surface area contributed by atoms with Crippen LogP contribution in [0.25, 0.3) is 0 Å². The molecule has 0 saturated carbocycles. The highest BCUT2D eigenvalue weighted by Gasteiger charge is 2.14. The first kappa shape index (κ1) is 15.9. The number of hydrogen-bond donors (Lipinski definition) is 3. The Bertz CT molecular complexity index is 458. The SMILES string of the molecule is CCOc1nc(NC)nc(NCC(=O)NC(C)(C)C)n1. The van der Waals surface area contributed by atoms with Crippen molar-refractivity contribution < 1.29 is 9.53 Å². The maximum Gasteiger partial charge on any atom is 0.323 e. The molecular formula is C12H22N6O2. The van der Waals surface area contributed by atoms with Crippen LogP contribution in [-0.4, -0.2) is 46.6 Å². The van der Waals surface area contributed by atoms with Crippen LogP contribution >= 0.6 is 0 Å². The van der Waals surface area contributed by atoms with Crippen LogP contribution in [0, 0.1) is 0 Å². The van der Waals surface area contributed by atoms with Gasteiger partial charge in [-0.05, 0) is 27.7 Å². The third kappa shape index (κ3) is 5.68. The van der Waals surface area contributed by atoms with Crippen LogP contribution < -0.4 is 20.7 Å². The van der Waals surface area contributed by atoms with E-state index in [2.05, 4.69) is 30.9 Å². The summed E-state index contributed by atoms with van der Waals surface area (Å²) in [4.78, 5) is 23.9. The quantitative estimate of drug-likeness (QED) is 0.703. The van der Waals surface area contributed by atoms with Gasteiger partial charge in [-0.1, -0.05) is 0 Å². The molecule has 20 heavy (non-hydrogen) atoms. The molecule has 1 aromatic heterocycles. The Morgan fingerprint density at radius 1 is 1.20 bits per heavy atom. The molecule has 112 valence electrons. The second-order valence-corrected chi connectivity index (χ2v) is 5.10. The number of hydrogen-bond acceptors (Lipinski definition) is 7. The van der Waals surface area contributed by atoms with E-state index in [1.807, 2.05) is 27.7 Å². The topological polar surface area (TPSA) is 101 Å². The van der Waals surface area contributed by atoms with Gasteiger partial charge < -0.3 is 20.7 Å². The van der Waals surface area contributed by atoms with Crippen molar-refractivity contribution in [3.05, 3.63) is 0 Å². The molecule has 3 N–H and O–H groups in total. The maximum absolute atomic E-state index is 11.7. The van der Waals surface area contributed by atoms with Crippen LogP contribution in [0.4, 0.5) is 11.9 Å². The molecule has 0 spiro atoms. The van der Waals surface area contributed by atoms with Crippen molar-refractivity contribution in [2.75, 3.05) is 30.8 Å². The number of amides is 1. The van der Waals surface area contributed by atoms with Gasteiger partial charge in [0.1, 0.15) is 0 Å². The molecule has 1 aromatic rings. The summed E-state index contributed by atoms with van der Waals surface area (Å²) in [5.74, 6) is 0.529. The molecule has 0 bridgehead atoms. The number of anilines is 2. The average Bonchev–Trinajstić information content (AvgIpc) is 2.34. The van der Waals surface area contributed by atoms with Gasteiger partial charge in [0.25, 0.3) is 0 Å². The molecule has 0 fully saturated rings. The zero-order valence-corrected chi connectivity index (χ0v) is 12.6. The maximum atomic E-state index is 11.7. The van der Waals surface area contributed by atoms with Crippen molar-refractivity contribution in [3.8, 4) is 6.01 Å². The lowest BCUT2D eigenvalue weighted by Gasteiger charge is -2.20. The Balaban J connectivity index is 2.67. The van der Waals surface area contributed by atoms with E-state index in [9.17, 15) is 4.79 Å². The fourth-order valence-electron chi connectivity index (χ4n) is 1.36. The Morgan fingerprint density at radius 2 is 1.85 bits per heavy atom. The molecule has 0 aliphatic carbocycles. The smallest absolute Gasteiger partial charge is 0.323 e. The van der Waals surface area contributed by atoms with Gasteiger partial charge in [-0.3, -0.25) is 4.79 Å². The summed E-state index contributed by atoms with van der Waals surface area (Å²) in [5.41, 5.74) is -0.273. The zero-order valence-electron chi connectivity index (χ0n) is 12.6. The van der Waals surface area contributed by atoms with Gasteiger partial charge in [-0.25, -0.2) is 0 Å². The highest BCUT2D eigenvalue weighted by molar-refractivity contribution is 5.80. The van der Waals surface area contributed by atoms with Crippen molar-refractivity contribution in [2.45, 2.75) is 33.2 Å². The van der Waals surface area contributed by atoms with Gasteiger partial charge in [0.05, 0.1) is 13.2 Å². The van der Waals surface area contributed by atoms with Crippen molar-refractivity contribution in [1.82, 2.24) is 20.3 Å². The molecule has 8 nitrogen and oxygen atoms in total. The second-order valence-electron chi connectivity index (χ2n) is 5.10. The number of carbonyl (C=O) groups excluding carboxylic acids is 1. The number of nitrogens with one attached hydrogen (secondary N) is 3. The second kappa shape index (κ2) is 6.88. The van der Waals surface area contributed by atoms with Crippen LogP contribution in [0.5, 0.6) is 6.01 Å². The molecular weight excluding hydrogens is 260 g/mol. The van der Waals surface area contributed by atoms with Crippen molar-refractivity contribution in [1.29, 1.82) is 0 Å². The summed E-state index contributed by atoms with van der Waals surface area (Å²) in [6.07, 6.45) is 0. The molecule has 0 saturated heterocycles. The van der Waals surface area contributed by atoms with E-state index in [0.29, 0.717) is 12.6 Å². The fraction of sp³-hybridized carbons (Fsp3) is 0.667. The normalized spacial score (nSPS) is 10.8. The van der Waals surface area contributed by atoms with E-state index in [-0.39, 0.29) is 29.9 Å². The van der Waals surface area contributed by atoms with E-state index < -0.39 is 0 Å². The summed E-state index contributed by atoms with van der Waals surface area (Å²) in [5, 5.41) is 8.49. The predicted octanol–water partition coefficient (Wildman–Crippen LogP) is 0.639. The van der Waals surface area contributed by atoms with Crippen LogP contribution in [-0.2, 0) is 4.79 Å². The minimum Gasteiger partial charge on any atom is -0.464 e. The largest absolute Gasteiger partial charge is 0.464 e. The van der Waals surface area contributed by atoms with E-state index >= 15 is 0 Å². The fourth-order valence-corrected chi connectivity index (χ4v) is 1.36. The summed E-state index contributed by atoms with van der Waals surface area (Å²) in [6, 6.07) is 0.213. The standard InChI is InChI=1S/C12H22N6O2/c1-6-20-11-16-9(13-5)15-10(17-11)14-7-8(19)18-12(2,3)4/h6-7H2,1-5H3,(H,18,19)(H2,13,14,15,16,17).